The van der Waals surface area contributed by atoms with E-state index in [1.165, 1.54) is 6.42 Å². The zero-order valence-electron chi connectivity index (χ0n) is 30.0. The number of rotatable bonds is 9. The maximum atomic E-state index is 13.8. The van der Waals surface area contributed by atoms with E-state index >= 15 is 0 Å². The van der Waals surface area contributed by atoms with Crippen molar-refractivity contribution in [2.24, 2.45) is 0 Å². The second-order valence-corrected chi connectivity index (χ2v) is 15.3. The van der Waals surface area contributed by atoms with E-state index in [2.05, 4.69) is 35.5 Å². The monoisotopic (exact) mass is 723 g/mol. The number of hydrogen-bond donors (Lipinski definition) is 3. The molecule has 1 amide bonds. The van der Waals surface area contributed by atoms with Gasteiger partial charge in [0.15, 0.2) is 0 Å². The molecule has 2 aromatic carbocycles. The van der Waals surface area contributed by atoms with Crippen molar-refractivity contribution in [2.45, 2.75) is 77.5 Å². The molecule has 0 saturated carbocycles. The predicted molar refractivity (Wildman–Crippen MR) is 203 cm³/mol. The molecule has 0 spiro atoms. The number of fused-ring (bicyclic) bond motifs is 2. The number of hydrogen-bond acceptors (Lipinski definition) is 11. The number of aromatic nitrogens is 6. The van der Waals surface area contributed by atoms with E-state index in [1.807, 2.05) is 62.7 Å². The molecule has 3 aromatic heterocycles. The number of carbonyl (C=O) groups is 1. The summed E-state index contributed by atoms with van der Waals surface area (Å²) in [6.45, 7) is 11.1. The number of nitrogens with one attached hydrogen (secondary N) is 1. The van der Waals surface area contributed by atoms with E-state index in [0.29, 0.717) is 36.7 Å². The highest BCUT2D eigenvalue weighted by Crippen LogP contribution is 2.57. The molecule has 1 saturated heterocycles. The average Bonchev–Trinajstić information content (AvgIpc) is 3.55. The van der Waals surface area contributed by atoms with Gasteiger partial charge in [0, 0.05) is 38.5 Å². The van der Waals surface area contributed by atoms with Crippen LogP contribution in [0.15, 0.2) is 72.0 Å². The summed E-state index contributed by atoms with van der Waals surface area (Å²) in [5.74, 6) is 0.579. The van der Waals surface area contributed by atoms with Crippen molar-refractivity contribution in [1.82, 2.24) is 34.3 Å². The fourth-order valence-corrected chi connectivity index (χ4v) is 8.43. The second-order valence-electron chi connectivity index (χ2n) is 13.3. The van der Waals surface area contributed by atoms with Crippen LogP contribution in [-0.4, -0.2) is 75.0 Å². The number of piperidine rings is 1. The molecule has 7 rings (SSSR count). The fourth-order valence-electron chi connectivity index (χ4n) is 6.87. The van der Waals surface area contributed by atoms with Gasteiger partial charge in [-0.05, 0) is 104 Å². The van der Waals surface area contributed by atoms with Gasteiger partial charge in [0.2, 0.25) is 17.7 Å². The Balaban J connectivity index is 1.25. The minimum Gasteiger partial charge on any atom is -0.472 e. The summed E-state index contributed by atoms with van der Waals surface area (Å²) < 4.78 is 33.0. The molecule has 3 N–H and O–H groups in total. The summed E-state index contributed by atoms with van der Waals surface area (Å²) >= 11 is 0. The fraction of sp³-hybridized carbons (Fsp3) is 0.368. The van der Waals surface area contributed by atoms with Gasteiger partial charge in [-0.2, -0.15) is 4.31 Å². The Morgan fingerprint density at radius 3 is 2.58 bits per heavy atom. The molecule has 13 nitrogen and oxygen atoms in total. The van der Waals surface area contributed by atoms with Gasteiger partial charge in [-0.3, -0.25) is 13.9 Å². The summed E-state index contributed by atoms with van der Waals surface area (Å²) in [5, 5.41) is 11.8. The van der Waals surface area contributed by atoms with E-state index in [0.717, 1.165) is 64.8 Å². The number of pyridine rings is 1. The Morgan fingerprint density at radius 2 is 1.83 bits per heavy atom. The van der Waals surface area contributed by atoms with Crippen LogP contribution in [0, 0.1) is 13.8 Å². The maximum absolute atomic E-state index is 13.8. The molecule has 0 unspecified atom stereocenters. The minimum atomic E-state index is -3.42. The SMILES string of the molecule is CC[C@@H]1CN(Cc2cc(/C(=C/C(=O)Nc3cnc(N4CCCCC4)nc3)c3ccc4c(nnn4CC)c3C)ccc2C)S(O)(O)c2cccnc2O1. The van der Waals surface area contributed by atoms with Crippen molar-refractivity contribution < 1.29 is 18.6 Å². The summed E-state index contributed by atoms with van der Waals surface area (Å²) in [4.78, 5) is 29.6. The Kier molecular flexibility index (Phi) is 10.2. The third-order valence-electron chi connectivity index (χ3n) is 9.89. The summed E-state index contributed by atoms with van der Waals surface area (Å²) in [6.07, 6.45) is 10.3. The van der Waals surface area contributed by atoms with Gasteiger partial charge in [-0.25, -0.2) is 19.6 Å². The molecule has 1 atom stereocenters. The van der Waals surface area contributed by atoms with Gasteiger partial charge in [-0.15, -0.1) is 15.9 Å². The number of ether oxygens (including phenoxy) is 1. The minimum absolute atomic E-state index is 0.235. The topological polar surface area (TPSA) is 155 Å². The highest BCUT2D eigenvalue weighted by atomic mass is 32.3. The zero-order valence-corrected chi connectivity index (χ0v) is 30.8. The van der Waals surface area contributed by atoms with Crippen molar-refractivity contribution in [3.05, 3.63) is 94.9 Å². The van der Waals surface area contributed by atoms with Crippen LogP contribution in [0.4, 0.5) is 11.6 Å². The molecule has 0 aliphatic carbocycles. The first-order chi connectivity index (χ1) is 25.2. The highest BCUT2D eigenvalue weighted by molar-refractivity contribution is 8.22. The van der Waals surface area contributed by atoms with Gasteiger partial charge in [-0.1, -0.05) is 30.3 Å². The summed E-state index contributed by atoms with van der Waals surface area (Å²) in [5.41, 5.74) is 7.21. The summed E-state index contributed by atoms with van der Waals surface area (Å²) in [6, 6.07) is 13.3. The van der Waals surface area contributed by atoms with Gasteiger partial charge in [0.1, 0.15) is 16.5 Å². The predicted octanol–water partition coefficient (Wildman–Crippen LogP) is 7.01. The van der Waals surface area contributed by atoms with Crippen LogP contribution in [0.5, 0.6) is 5.88 Å². The van der Waals surface area contributed by atoms with Crippen LogP contribution in [0.3, 0.4) is 0 Å². The molecule has 1 fully saturated rings. The Hall–Kier alpha value is -4.89. The number of amides is 1. The Morgan fingerprint density at radius 1 is 1.04 bits per heavy atom. The summed E-state index contributed by atoms with van der Waals surface area (Å²) in [7, 11) is -3.42. The van der Waals surface area contributed by atoms with E-state index < -0.39 is 10.8 Å². The van der Waals surface area contributed by atoms with Crippen LogP contribution < -0.4 is 15.0 Å². The smallest absolute Gasteiger partial charge is 0.249 e. The van der Waals surface area contributed by atoms with Crippen molar-refractivity contribution in [1.29, 1.82) is 0 Å². The molecule has 2 aliphatic rings. The zero-order chi connectivity index (χ0) is 36.4. The van der Waals surface area contributed by atoms with E-state index in [4.69, 9.17) is 4.74 Å². The molecule has 272 valence electrons. The first-order valence-electron chi connectivity index (χ1n) is 17.8. The largest absolute Gasteiger partial charge is 0.472 e. The van der Waals surface area contributed by atoms with E-state index in [9.17, 15) is 13.9 Å². The lowest BCUT2D eigenvalue weighted by Crippen LogP contribution is -2.34. The van der Waals surface area contributed by atoms with E-state index in [1.54, 1.807) is 41.1 Å². The van der Waals surface area contributed by atoms with Crippen molar-refractivity contribution in [3.8, 4) is 5.88 Å². The van der Waals surface area contributed by atoms with Crippen LogP contribution in [-0.2, 0) is 17.9 Å². The van der Waals surface area contributed by atoms with Crippen molar-refractivity contribution >= 4 is 44.9 Å². The molecule has 5 heterocycles. The second kappa shape index (κ2) is 15.0. The lowest BCUT2D eigenvalue weighted by atomic mass is 9.91. The van der Waals surface area contributed by atoms with Crippen molar-refractivity contribution in [2.75, 3.05) is 29.9 Å². The first-order valence-corrected chi connectivity index (χ1v) is 19.3. The Bertz CT molecular complexity index is 2110. The number of aryl methyl sites for hydroxylation is 3. The number of benzene rings is 2. The van der Waals surface area contributed by atoms with Gasteiger partial charge < -0.3 is 15.0 Å². The molecule has 14 heteroatoms. The lowest BCUT2D eigenvalue weighted by molar-refractivity contribution is -0.111. The highest BCUT2D eigenvalue weighted by Gasteiger charge is 2.35. The maximum Gasteiger partial charge on any atom is 0.249 e. The molecule has 5 aromatic rings. The quantitative estimate of drug-likeness (QED) is 0.135. The first kappa shape index (κ1) is 35.5. The standard InChI is InChI=1S/C38H45N9O4S/c1-5-30-24-46(52(49,50)34-11-10-16-39-37(34)51-30)23-28-19-27(13-12-25(28)3)32(31-14-15-33-36(26(31)4)43-44-47(33)6-2)20-35(48)42-29-21-40-38(41-22-29)45-17-8-7-9-18-45/h10-16,19-22,30,49-50H,5-9,17-18,23-24H2,1-4H3,(H,42,48)/b32-20-/t30-/m1/s1. The molecular formula is C38H45N9O4S. The van der Waals surface area contributed by atoms with Gasteiger partial charge in [0.05, 0.1) is 30.1 Å². The van der Waals surface area contributed by atoms with Gasteiger partial charge in [0.25, 0.3) is 0 Å². The third kappa shape index (κ3) is 7.11. The molecule has 52 heavy (non-hydrogen) atoms. The number of anilines is 2. The van der Waals surface area contributed by atoms with E-state index in [-0.39, 0.29) is 29.3 Å². The van der Waals surface area contributed by atoms with Gasteiger partial charge >= 0.3 is 0 Å². The van der Waals surface area contributed by atoms with Crippen molar-refractivity contribution in [3.63, 3.8) is 0 Å². The molecule has 2 aliphatic heterocycles. The van der Waals surface area contributed by atoms with Crippen LogP contribution >= 0.6 is 10.8 Å². The average molecular weight is 724 g/mol. The number of carbonyl (C=O) groups excluding carboxylic acids is 1. The molecule has 0 radical (unpaired) electrons. The van der Waals surface area contributed by atoms with Crippen LogP contribution in [0.2, 0.25) is 0 Å². The van der Waals surface area contributed by atoms with Crippen LogP contribution in [0.1, 0.15) is 67.3 Å². The lowest BCUT2D eigenvalue weighted by Gasteiger charge is -2.41. The Labute approximate surface area is 305 Å². The molecule has 0 bridgehead atoms. The number of nitrogens with zero attached hydrogens (tertiary/aromatic N) is 8. The molecular weight excluding hydrogens is 679 g/mol. The normalized spacial score (nSPS) is 18.4. The third-order valence-corrected chi connectivity index (χ3v) is 11.8. The van der Waals surface area contributed by atoms with Crippen LogP contribution in [0.25, 0.3) is 16.6 Å².